The van der Waals surface area contributed by atoms with E-state index in [4.69, 9.17) is 4.79 Å². The molecule has 0 atom stereocenters. The molecular formula is C16H23O10Rh. The molecule has 0 amide bonds. The number of aliphatic carboxylic acids is 3. The van der Waals surface area contributed by atoms with Gasteiger partial charge in [0.15, 0.2) is 0 Å². The van der Waals surface area contributed by atoms with E-state index in [-0.39, 0.29) is 75.4 Å². The van der Waals surface area contributed by atoms with Crippen molar-refractivity contribution in [2.75, 3.05) is 0 Å². The number of hydrogen-bond acceptors (Lipinski definition) is 10. The third-order valence-corrected chi connectivity index (χ3v) is 2.04. The van der Waals surface area contributed by atoms with Gasteiger partial charge in [0.05, 0.1) is 0 Å². The van der Waals surface area contributed by atoms with Crippen LogP contribution in [0, 0.1) is 0 Å². The minimum absolute atomic E-state index is 0. The second-order valence-electron chi connectivity index (χ2n) is 4.72. The van der Waals surface area contributed by atoms with Crippen LogP contribution in [-0.2, 0) is 53.0 Å². The monoisotopic (exact) mass is 478 g/mol. The summed E-state index contributed by atoms with van der Waals surface area (Å²) >= 11 is 0. The zero-order chi connectivity index (χ0) is 21.7. The van der Waals surface area contributed by atoms with Crippen LogP contribution < -0.4 is 15.3 Å². The summed E-state index contributed by atoms with van der Waals surface area (Å²) in [5.41, 5.74) is 0. The molecule has 0 spiro atoms. The fourth-order valence-electron chi connectivity index (χ4n) is 0.834. The molecular weight excluding hydrogens is 455 g/mol. The first kappa shape index (κ1) is 35.8. The Hall–Kier alpha value is -2.29. The maximum absolute atomic E-state index is 10.1. The summed E-state index contributed by atoms with van der Waals surface area (Å²) in [5.74, 6) is -3.85. The van der Waals surface area contributed by atoms with Crippen LogP contribution in [0.1, 0.15) is 59.3 Å². The largest absolute Gasteiger partial charge is 3.00 e. The fraction of sp³-hybridized carbons (Fsp3) is 0.562. The van der Waals surface area contributed by atoms with E-state index in [0.717, 1.165) is 0 Å². The minimum atomic E-state index is -1.17. The molecule has 0 saturated carbocycles. The number of carbonyl (C=O) groups excluding carboxylic acids is 7. The Morgan fingerprint density at radius 3 is 0.704 bits per heavy atom. The predicted octanol–water partition coefficient (Wildman–Crippen LogP) is -2.87. The van der Waals surface area contributed by atoms with Gasteiger partial charge in [0.2, 0.25) is 0 Å². The van der Waals surface area contributed by atoms with Crippen molar-refractivity contribution in [2.45, 2.75) is 59.3 Å². The molecule has 0 heterocycles. The predicted molar refractivity (Wildman–Crippen MR) is 81.9 cm³/mol. The first-order valence-electron chi connectivity index (χ1n) is 7.25. The van der Waals surface area contributed by atoms with Gasteiger partial charge in [-0.05, 0) is 40.0 Å². The van der Waals surface area contributed by atoms with E-state index in [1.807, 2.05) is 6.79 Å². The van der Waals surface area contributed by atoms with Crippen LogP contribution in [-0.4, -0.2) is 42.0 Å². The molecule has 0 aromatic rings. The Balaban J connectivity index is -0.0000000840. The summed E-state index contributed by atoms with van der Waals surface area (Å²) in [6.07, 6.45) is -0.215. The topological polar surface area (TPSA) is 189 Å². The average molecular weight is 478 g/mol. The van der Waals surface area contributed by atoms with Gasteiger partial charge in [0.25, 0.3) is 0 Å². The molecule has 0 bridgehead atoms. The standard InChI is InChI=1S/3C5H8O3.CH2O.Rh/c3*1-4(6)2-3-5(7)8;1-2;/h3*2-3H2,1H3,(H,7,8);1H2;/q;;;;+3/p-3. The molecule has 10 nitrogen and oxygen atoms in total. The first-order chi connectivity index (χ1) is 11.9. The molecule has 0 radical (unpaired) electrons. The molecule has 11 heteroatoms. The summed E-state index contributed by atoms with van der Waals surface area (Å²) in [6.45, 7) is 6.05. The second-order valence-corrected chi connectivity index (χ2v) is 4.72. The van der Waals surface area contributed by atoms with E-state index in [1.54, 1.807) is 0 Å². The van der Waals surface area contributed by atoms with Crippen LogP contribution in [0.25, 0.3) is 0 Å². The smallest absolute Gasteiger partial charge is 0.550 e. The van der Waals surface area contributed by atoms with Crippen molar-refractivity contribution in [3.8, 4) is 0 Å². The van der Waals surface area contributed by atoms with Crippen molar-refractivity contribution >= 4 is 42.0 Å². The van der Waals surface area contributed by atoms with Gasteiger partial charge in [-0.1, -0.05) is 0 Å². The average Bonchev–Trinajstić information content (AvgIpc) is 2.52. The Kier molecular flexibility index (Phi) is 34.4. The van der Waals surface area contributed by atoms with Crippen molar-refractivity contribution < 1.29 is 68.4 Å². The number of Topliss-reactive ketones (excluding diaryl/α,β-unsaturated/α-hetero) is 3. The Morgan fingerprint density at radius 2 is 0.667 bits per heavy atom. The number of hydrogen-bond donors (Lipinski definition) is 0. The van der Waals surface area contributed by atoms with Crippen LogP contribution >= 0.6 is 0 Å². The summed E-state index contributed by atoms with van der Waals surface area (Å²) in [6, 6.07) is 0. The van der Waals surface area contributed by atoms with Crippen LogP contribution in [0.5, 0.6) is 0 Å². The zero-order valence-electron chi connectivity index (χ0n) is 15.4. The number of carboxylic acids is 3. The molecule has 0 fully saturated rings. The summed E-state index contributed by atoms with van der Waals surface area (Å²) in [7, 11) is 0. The van der Waals surface area contributed by atoms with E-state index in [1.165, 1.54) is 20.8 Å². The van der Waals surface area contributed by atoms with Crippen LogP contribution in [0.3, 0.4) is 0 Å². The maximum atomic E-state index is 10.1. The zero-order valence-corrected chi connectivity index (χ0v) is 17.0. The molecule has 0 aliphatic rings. The number of carbonyl (C=O) groups is 7. The SMILES string of the molecule is C=O.CC(=O)CCC(=O)[O-].CC(=O)CCC(=O)[O-].CC(=O)CCC(=O)[O-].[Rh+3]. The molecule has 0 aromatic heterocycles. The van der Waals surface area contributed by atoms with E-state index < -0.39 is 17.9 Å². The van der Waals surface area contributed by atoms with Gasteiger partial charge < -0.3 is 48.9 Å². The maximum Gasteiger partial charge on any atom is 3.00 e. The first-order valence-corrected chi connectivity index (χ1v) is 7.25. The van der Waals surface area contributed by atoms with E-state index in [0.29, 0.717) is 0 Å². The van der Waals surface area contributed by atoms with E-state index >= 15 is 0 Å². The Morgan fingerprint density at radius 1 is 0.519 bits per heavy atom. The molecule has 0 unspecified atom stereocenters. The molecule has 0 rings (SSSR count). The Bertz CT molecular complexity index is 365. The van der Waals surface area contributed by atoms with Crippen LogP contribution in [0.2, 0.25) is 0 Å². The molecule has 0 N–H and O–H groups in total. The number of carboxylic acid groups (broad SMARTS) is 3. The second kappa shape index (κ2) is 25.9. The van der Waals surface area contributed by atoms with Crippen molar-refractivity contribution in [2.24, 2.45) is 0 Å². The molecule has 156 valence electrons. The third kappa shape index (κ3) is 69.2. The molecule has 0 aliphatic carbocycles. The van der Waals surface area contributed by atoms with E-state index in [2.05, 4.69) is 0 Å². The van der Waals surface area contributed by atoms with Gasteiger partial charge >= 0.3 is 19.5 Å². The van der Waals surface area contributed by atoms with E-state index in [9.17, 15) is 44.1 Å². The summed E-state index contributed by atoms with van der Waals surface area (Å²) < 4.78 is 0. The molecule has 27 heavy (non-hydrogen) atoms. The molecule has 0 aromatic carbocycles. The van der Waals surface area contributed by atoms with Crippen LogP contribution in [0.4, 0.5) is 0 Å². The number of rotatable bonds is 9. The van der Waals surface area contributed by atoms with Gasteiger partial charge in [0.1, 0.15) is 24.1 Å². The summed E-state index contributed by atoms with van der Waals surface area (Å²) in [4.78, 5) is 67.1. The third-order valence-electron chi connectivity index (χ3n) is 2.04. The van der Waals surface area contributed by atoms with Gasteiger partial charge in [-0.3, -0.25) is 0 Å². The van der Waals surface area contributed by atoms with Crippen molar-refractivity contribution in [1.82, 2.24) is 0 Å². The normalized spacial score (nSPS) is 7.81. The fourth-order valence-corrected chi connectivity index (χ4v) is 0.834. The van der Waals surface area contributed by atoms with Crippen molar-refractivity contribution in [3.05, 3.63) is 0 Å². The number of ketones is 3. The van der Waals surface area contributed by atoms with Crippen molar-refractivity contribution in [3.63, 3.8) is 0 Å². The molecule has 0 saturated heterocycles. The van der Waals surface area contributed by atoms with Gasteiger partial charge in [0, 0.05) is 37.2 Å². The van der Waals surface area contributed by atoms with Gasteiger partial charge in [-0.15, -0.1) is 0 Å². The summed E-state index contributed by atoms with van der Waals surface area (Å²) in [5, 5.41) is 28.9. The van der Waals surface area contributed by atoms with Crippen molar-refractivity contribution in [1.29, 1.82) is 0 Å². The Labute approximate surface area is 170 Å². The minimum Gasteiger partial charge on any atom is -0.550 e. The quantitative estimate of drug-likeness (QED) is 0.312. The van der Waals surface area contributed by atoms with Gasteiger partial charge in [-0.25, -0.2) is 0 Å². The van der Waals surface area contributed by atoms with Crippen LogP contribution in [0.15, 0.2) is 0 Å². The molecule has 0 aliphatic heterocycles. The van der Waals surface area contributed by atoms with Gasteiger partial charge in [-0.2, -0.15) is 0 Å².